The minimum absolute atomic E-state index is 0.0790. The predicted molar refractivity (Wildman–Crippen MR) is 83.6 cm³/mol. The number of carbonyl (C=O) groups excluding carboxylic acids is 1. The van der Waals surface area contributed by atoms with E-state index >= 15 is 0 Å². The van der Waals surface area contributed by atoms with Crippen LogP contribution in [0.2, 0.25) is 0 Å². The summed E-state index contributed by atoms with van der Waals surface area (Å²) in [5.74, 6) is -0.361. The number of amides is 1. The van der Waals surface area contributed by atoms with Crippen LogP contribution in [-0.4, -0.2) is 32.4 Å². The molecule has 0 aliphatic rings. The third-order valence-corrected chi connectivity index (χ3v) is 4.21. The normalized spacial score (nSPS) is 11.1. The van der Waals surface area contributed by atoms with E-state index in [9.17, 15) is 13.2 Å². The second-order valence-electron chi connectivity index (χ2n) is 4.64. The van der Waals surface area contributed by atoms with E-state index in [4.69, 9.17) is 0 Å². The Morgan fingerprint density at radius 2 is 1.82 bits per heavy atom. The molecule has 0 radical (unpaired) electrons. The first-order valence-electron chi connectivity index (χ1n) is 6.76. The molecule has 116 valence electrons. The summed E-state index contributed by atoms with van der Waals surface area (Å²) in [5, 5.41) is 2.63. The van der Waals surface area contributed by atoms with Crippen LogP contribution >= 0.6 is 0 Å². The van der Waals surface area contributed by atoms with Crippen LogP contribution in [0.5, 0.6) is 0 Å². The lowest BCUT2D eigenvalue weighted by Crippen LogP contribution is -2.35. The van der Waals surface area contributed by atoms with Gasteiger partial charge in [-0.3, -0.25) is 9.78 Å². The number of hydrogen-bond donors (Lipinski definition) is 2. The molecule has 0 spiro atoms. The predicted octanol–water partition coefficient (Wildman–Crippen LogP) is 0.931. The van der Waals surface area contributed by atoms with Gasteiger partial charge in [0.1, 0.15) is 0 Å². The van der Waals surface area contributed by atoms with E-state index in [1.807, 2.05) is 6.07 Å². The highest BCUT2D eigenvalue weighted by Gasteiger charge is 2.11. The Kier molecular flexibility index (Phi) is 5.62. The molecule has 2 aromatic rings. The summed E-state index contributed by atoms with van der Waals surface area (Å²) >= 11 is 0. The van der Waals surface area contributed by atoms with Crippen LogP contribution in [-0.2, 0) is 15.8 Å². The number of hydrogen-bond acceptors (Lipinski definition) is 4. The molecule has 6 nitrogen and oxygen atoms in total. The lowest BCUT2D eigenvalue weighted by atomic mass is 10.2. The van der Waals surface area contributed by atoms with Crippen LogP contribution in [0.4, 0.5) is 0 Å². The Hall–Kier alpha value is -2.25. The van der Waals surface area contributed by atoms with Gasteiger partial charge in [-0.25, -0.2) is 13.1 Å². The third kappa shape index (κ3) is 5.27. The van der Waals surface area contributed by atoms with E-state index in [1.54, 1.807) is 42.6 Å². The van der Waals surface area contributed by atoms with Crippen molar-refractivity contribution in [2.24, 2.45) is 0 Å². The smallest absolute Gasteiger partial charge is 0.252 e. The maximum absolute atomic E-state index is 11.9. The molecule has 2 rings (SSSR count). The molecule has 0 saturated heterocycles. The van der Waals surface area contributed by atoms with Crippen LogP contribution in [0.25, 0.3) is 0 Å². The Bertz CT molecular complexity index is 703. The molecular weight excluding hydrogens is 302 g/mol. The number of nitrogens with zero attached hydrogens (tertiary/aromatic N) is 1. The molecule has 22 heavy (non-hydrogen) atoms. The van der Waals surface area contributed by atoms with Gasteiger partial charge in [0, 0.05) is 25.5 Å². The molecule has 1 heterocycles. The van der Waals surface area contributed by atoms with Gasteiger partial charge in [-0.2, -0.15) is 0 Å². The highest BCUT2D eigenvalue weighted by molar-refractivity contribution is 7.88. The van der Waals surface area contributed by atoms with Crippen LogP contribution in [0.15, 0.2) is 54.9 Å². The molecule has 0 saturated carbocycles. The number of nitrogens with one attached hydrogen (secondary N) is 2. The first-order chi connectivity index (χ1) is 10.6. The van der Waals surface area contributed by atoms with E-state index in [0.29, 0.717) is 5.56 Å². The summed E-state index contributed by atoms with van der Waals surface area (Å²) in [6.45, 7) is 0.350. The highest BCUT2D eigenvalue weighted by atomic mass is 32.2. The Morgan fingerprint density at radius 1 is 1.05 bits per heavy atom. The van der Waals surface area contributed by atoms with Gasteiger partial charge in [-0.1, -0.05) is 30.3 Å². The lowest BCUT2D eigenvalue weighted by molar-refractivity contribution is 0.0954. The zero-order chi connectivity index (χ0) is 15.8. The molecule has 0 aliphatic carbocycles. The molecule has 0 unspecified atom stereocenters. The van der Waals surface area contributed by atoms with Gasteiger partial charge >= 0.3 is 0 Å². The van der Waals surface area contributed by atoms with Gasteiger partial charge in [-0.15, -0.1) is 0 Å². The van der Waals surface area contributed by atoms with Crippen LogP contribution in [0.3, 0.4) is 0 Å². The summed E-state index contributed by atoms with van der Waals surface area (Å²) in [4.78, 5) is 15.6. The van der Waals surface area contributed by atoms with Gasteiger partial charge in [0.15, 0.2) is 0 Å². The molecule has 1 aromatic carbocycles. The van der Waals surface area contributed by atoms with Gasteiger partial charge in [0.05, 0.1) is 11.3 Å². The summed E-state index contributed by atoms with van der Waals surface area (Å²) in [6.07, 6.45) is 3.03. The van der Waals surface area contributed by atoms with E-state index in [2.05, 4.69) is 15.0 Å². The van der Waals surface area contributed by atoms with Gasteiger partial charge < -0.3 is 5.32 Å². The molecule has 0 atom stereocenters. The SMILES string of the molecule is O=C(NCCNS(=O)(=O)Cc1ccccc1)c1cccnc1. The van der Waals surface area contributed by atoms with Crippen molar-refractivity contribution in [1.82, 2.24) is 15.0 Å². The van der Waals surface area contributed by atoms with E-state index < -0.39 is 10.0 Å². The fourth-order valence-corrected chi connectivity index (χ4v) is 2.97. The zero-order valence-corrected chi connectivity index (χ0v) is 12.7. The van der Waals surface area contributed by atoms with Crippen LogP contribution < -0.4 is 10.0 Å². The minimum Gasteiger partial charge on any atom is -0.351 e. The summed E-state index contributed by atoms with van der Waals surface area (Å²) < 4.78 is 26.2. The molecule has 1 aromatic heterocycles. The van der Waals surface area contributed by atoms with Gasteiger partial charge in [0.2, 0.25) is 10.0 Å². The summed E-state index contributed by atoms with van der Waals surface area (Å²) in [6, 6.07) is 12.2. The maximum atomic E-state index is 11.9. The molecule has 0 bridgehead atoms. The first kappa shape index (κ1) is 16.1. The summed E-state index contributed by atoms with van der Waals surface area (Å²) in [7, 11) is -3.41. The monoisotopic (exact) mass is 319 g/mol. The number of carbonyl (C=O) groups is 1. The average molecular weight is 319 g/mol. The Morgan fingerprint density at radius 3 is 2.50 bits per heavy atom. The van der Waals surface area contributed by atoms with E-state index in [-0.39, 0.29) is 24.7 Å². The minimum atomic E-state index is -3.41. The second kappa shape index (κ2) is 7.67. The van der Waals surface area contributed by atoms with Crippen molar-refractivity contribution >= 4 is 15.9 Å². The van der Waals surface area contributed by atoms with Gasteiger partial charge in [-0.05, 0) is 17.7 Å². The highest BCUT2D eigenvalue weighted by Crippen LogP contribution is 2.03. The zero-order valence-electron chi connectivity index (χ0n) is 11.9. The van der Waals surface area contributed by atoms with E-state index in [0.717, 1.165) is 5.56 Å². The van der Waals surface area contributed by atoms with Crippen molar-refractivity contribution in [2.75, 3.05) is 13.1 Å². The molecule has 7 heteroatoms. The maximum Gasteiger partial charge on any atom is 0.252 e. The van der Waals surface area contributed by atoms with Gasteiger partial charge in [0.25, 0.3) is 5.91 Å². The van der Waals surface area contributed by atoms with Crippen molar-refractivity contribution in [3.63, 3.8) is 0 Å². The van der Waals surface area contributed by atoms with Crippen molar-refractivity contribution in [3.05, 3.63) is 66.0 Å². The first-order valence-corrected chi connectivity index (χ1v) is 8.41. The molecular formula is C15H17N3O3S. The second-order valence-corrected chi connectivity index (χ2v) is 6.44. The van der Waals surface area contributed by atoms with Crippen LogP contribution in [0.1, 0.15) is 15.9 Å². The average Bonchev–Trinajstić information content (AvgIpc) is 2.53. The third-order valence-electron chi connectivity index (χ3n) is 2.86. The summed E-state index contributed by atoms with van der Waals surface area (Å²) in [5.41, 5.74) is 1.16. The topological polar surface area (TPSA) is 88.2 Å². The fraction of sp³-hybridized carbons (Fsp3) is 0.200. The number of aromatic nitrogens is 1. The van der Waals surface area contributed by atoms with E-state index in [1.165, 1.54) is 6.20 Å². The molecule has 2 N–H and O–H groups in total. The Labute approximate surface area is 129 Å². The quantitative estimate of drug-likeness (QED) is 0.743. The van der Waals surface area contributed by atoms with Crippen LogP contribution in [0, 0.1) is 0 Å². The van der Waals surface area contributed by atoms with Crippen molar-refractivity contribution in [2.45, 2.75) is 5.75 Å². The number of sulfonamides is 1. The van der Waals surface area contributed by atoms with Crippen molar-refractivity contribution < 1.29 is 13.2 Å². The Balaban J connectivity index is 1.75. The van der Waals surface area contributed by atoms with Crippen molar-refractivity contribution in [3.8, 4) is 0 Å². The lowest BCUT2D eigenvalue weighted by Gasteiger charge is -2.08. The number of benzene rings is 1. The number of rotatable bonds is 7. The molecule has 0 fully saturated rings. The fourth-order valence-electron chi connectivity index (χ4n) is 1.83. The molecule has 0 aliphatic heterocycles. The largest absolute Gasteiger partial charge is 0.351 e. The number of pyridine rings is 1. The van der Waals surface area contributed by atoms with Crippen molar-refractivity contribution in [1.29, 1.82) is 0 Å². The molecule has 1 amide bonds. The standard InChI is InChI=1S/C15H17N3O3S/c19-15(14-7-4-8-16-11-14)17-9-10-18-22(20,21)12-13-5-2-1-3-6-13/h1-8,11,18H,9-10,12H2,(H,17,19).